The molecule has 1 saturated heterocycles. The Balaban J connectivity index is 0.00000161. The summed E-state index contributed by atoms with van der Waals surface area (Å²) in [6, 6.07) is 3.77. The molecule has 0 spiro atoms. The zero-order chi connectivity index (χ0) is 14.1. The number of ketones is 1. The molecule has 8 heteroatoms. The number of hydrogen-bond donors (Lipinski definition) is 1. The van der Waals surface area contributed by atoms with Crippen molar-refractivity contribution < 1.29 is 9.32 Å². The lowest BCUT2D eigenvalue weighted by atomic mass is 10.2. The van der Waals surface area contributed by atoms with Crippen molar-refractivity contribution in [1.82, 2.24) is 20.4 Å². The summed E-state index contributed by atoms with van der Waals surface area (Å²) in [5, 5.41) is 7.40. The molecular weight excluding hydrogens is 312 g/mol. The minimum Gasteiger partial charge on any atom is -0.333 e. The maximum absolute atomic E-state index is 11.3. The summed E-state index contributed by atoms with van der Waals surface area (Å²) in [6.45, 7) is 4.31. The van der Waals surface area contributed by atoms with Crippen LogP contribution in [0.4, 0.5) is 0 Å². The topological polar surface area (TPSA) is 71.3 Å². The molecule has 114 valence electrons. The number of nitrogens with zero attached hydrogens (tertiary/aromatic N) is 3. The summed E-state index contributed by atoms with van der Waals surface area (Å²) in [6.07, 6.45) is 0. The first-order valence-corrected chi connectivity index (χ1v) is 7.32. The highest BCUT2D eigenvalue weighted by molar-refractivity contribution is 7.17. The standard InChI is InChI=1S/C13H16N4O2S.ClH/c1-8(18)10-3-4-11(20-10)13-15-12(16-19-13)9-7-14-5-6-17(9)2;/h3-4,9,14H,5-7H2,1-2H3;1H. The van der Waals surface area contributed by atoms with Gasteiger partial charge in [-0.05, 0) is 26.1 Å². The molecule has 1 unspecified atom stereocenters. The van der Waals surface area contributed by atoms with Crippen LogP contribution in [0, 0.1) is 0 Å². The number of nitrogens with one attached hydrogen (secondary N) is 1. The van der Waals surface area contributed by atoms with Crippen LogP contribution in [0.3, 0.4) is 0 Å². The number of carbonyl (C=O) groups is 1. The highest BCUT2D eigenvalue weighted by Gasteiger charge is 2.25. The van der Waals surface area contributed by atoms with E-state index in [2.05, 4.69) is 27.4 Å². The average Bonchev–Trinajstić information content (AvgIpc) is 3.08. The van der Waals surface area contributed by atoms with E-state index >= 15 is 0 Å². The van der Waals surface area contributed by atoms with Gasteiger partial charge < -0.3 is 9.84 Å². The predicted octanol–water partition coefficient (Wildman–Crippen LogP) is 2.00. The Morgan fingerprint density at radius 1 is 1.52 bits per heavy atom. The number of piperazine rings is 1. The van der Waals surface area contributed by atoms with Gasteiger partial charge in [0.25, 0.3) is 5.89 Å². The van der Waals surface area contributed by atoms with E-state index in [9.17, 15) is 4.79 Å². The van der Waals surface area contributed by atoms with Crippen LogP contribution >= 0.6 is 23.7 Å². The molecule has 21 heavy (non-hydrogen) atoms. The second-order valence-corrected chi connectivity index (χ2v) is 5.96. The monoisotopic (exact) mass is 328 g/mol. The number of likely N-dealkylation sites (N-methyl/N-ethyl adjacent to an activating group) is 1. The zero-order valence-corrected chi connectivity index (χ0v) is 13.5. The van der Waals surface area contributed by atoms with E-state index in [1.54, 1.807) is 13.0 Å². The van der Waals surface area contributed by atoms with Crippen molar-refractivity contribution in [2.24, 2.45) is 0 Å². The molecule has 1 aliphatic heterocycles. The molecule has 0 radical (unpaired) electrons. The zero-order valence-electron chi connectivity index (χ0n) is 11.8. The van der Waals surface area contributed by atoms with Gasteiger partial charge in [-0.1, -0.05) is 5.16 Å². The van der Waals surface area contributed by atoms with E-state index in [1.165, 1.54) is 11.3 Å². The van der Waals surface area contributed by atoms with E-state index in [0.717, 1.165) is 24.5 Å². The maximum Gasteiger partial charge on any atom is 0.268 e. The van der Waals surface area contributed by atoms with Gasteiger partial charge in [0.15, 0.2) is 11.6 Å². The number of carbonyl (C=O) groups excluding carboxylic acids is 1. The van der Waals surface area contributed by atoms with Crippen LogP contribution in [0.2, 0.25) is 0 Å². The lowest BCUT2D eigenvalue weighted by molar-refractivity contribution is 0.102. The fourth-order valence-electron chi connectivity index (χ4n) is 2.21. The lowest BCUT2D eigenvalue weighted by Crippen LogP contribution is -2.44. The van der Waals surface area contributed by atoms with Gasteiger partial charge in [0, 0.05) is 19.6 Å². The minimum absolute atomic E-state index is 0. The molecular formula is C13H17ClN4O2S. The van der Waals surface area contributed by atoms with Crippen LogP contribution in [0.1, 0.15) is 28.5 Å². The summed E-state index contributed by atoms with van der Waals surface area (Å²) in [7, 11) is 2.06. The van der Waals surface area contributed by atoms with Crippen molar-refractivity contribution in [1.29, 1.82) is 0 Å². The van der Waals surface area contributed by atoms with Gasteiger partial charge in [-0.25, -0.2) is 0 Å². The first-order chi connectivity index (χ1) is 9.65. The van der Waals surface area contributed by atoms with Gasteiger partial charge in [-0.15, -0.1) is 23.7 Å². The Morgan fingerprint density at radius 2 is 2.33 bits per heavy atom. The van der Waals surface area contributed by atoms with Crippen LogP contribution < -0.4 is 5.32 Å². The molecule has 0 bridgehead atoms. The van der Waals surface area contributed by atoms with Crippen LogP contribution in [0.5, 0.6) is 0 Å². The molecule has 2 aromatic rings. The number of Topliss-reactive ketones (excluding diaryl/α,β-unsaturated/α-hetero) is 1. The van der Waals surface area contributed by atoms with Gasteiger partial charge in [-0.2, -0.15) is 4.98 Å². The molecule has 1 aliphatic rings. The third-order valence-electron chi connectivity index (χ3n) is 3.41. The van der Waals surface area contributed by atoms with Crippen molar-refractivity contribution >= 4 is 29.5 Å². The van der Waals surface area contributed by atoms with Crippen molar-refractivity contribution in [2.45, 2.75) is 13.0 Å². The second kappa shape index (κ2) is 6.65. The van der Waals surface area contributed by atoms with Crippen LogP contribution in [0.25, 0.3) is 10.8 Å². The van der Waals surface area contributed by atoms with E-state index in [0.29, 0.717) is 16.6 Å². The van der Waals surface area contributed by atoms with Gasteiger partial charge in [0.2, 0.25) is 0 Å². The lowest BCUT2D eigenvalue weighted by Gasteiger charge is -2.30. The molecule has 0 aliphatic carbocycles. The Morgan fingerprint density at radius 3 is 3.00 bits per heavy atom. The second-order valence-electron chi connectivity index (χ2n) is 4.88. The predicted molar refractivity (Wildman–Crippen MR) is 83.1 cm³/mol. The number of rotatable bonds is 3. The third-order valence-corrected chi connectivity index (χ3v) is 4.59. The third kappa shape index (κ3) is 3.32. The molecule has 1 fully saturated rings. The molecule has 0 amide bonds. The summed E-state index contributed by atoms with van der Waals surface area (Å²) >= 11 is 1.38. The largest absolute Gasteiger partial charge is 0.333 e. The summed E-state index contributed by atoms with van der Waals surface area (Å²) in [5.74, 6) is 1.22. The first-order valence-electron chi connectivity index (χ1n) is 6.51. The molecule has 1 atom stereocenters. The number of thiophene rings is 1. The van der Waals surface area contributed by atoms with Crippen LogP contribution in [-0.4, -0.2) is 47.5 Å². The fraction of sp³-hybridized carbons (Fsp3) is 0.462. The minimum atomic E-state index is 0. The van der Waals surface area contributed by atoms with E-state index in [-0.39, 0.29) is 24.2 Å². The number of hydrogen-bond acceptors (Lipinski definition) is 7. The van der Waals surface area contributed by atoms with Gasteiger partial charge >= 0.3 is 0 Å². The Hall–Kier alpha value is -1.28. The van der Waals surface area contributed by atoms with E-state index in [4.69, 9.17) is 4.52 Å². The highest BCUT2D eigenvalue weighted by atomic mass is 35.5. The first kappa shape index (κ1) is 16.1. The Labute approximate surface area is 132 Å². The molecule has 3 heterocycles. The van der Waals surface area contributed by atoms with Gasteiger partial charge in [-0.3, -0.25) is 9.69 Å². The molecule has 2 aromatic heterocycles. The Bertz CT molecular complexity index is 627. The van der Waals surface area contributed by atoms with Crippen molar-refractivity contribution in [3.63, 3.8) is 0 Å². The maximum atomic E-state index is 11.3. The molecule has 0 aromatic carbocycles. The highest BCUT2D eigenvalue weighted by Crippen LogP contribution is 2.28. The number of aromatic nitrogens is 2. The van der Waals surface area contributed by atoms with Crippen LogP contribution in [0.15, 0.2) is 16.7 Å². The number of halogens is 1. The molecule has 6 nitrogen and oxygen atoms in total. The summed E-state index contributed by atoms with van der Waals surface area (Å²) < 4.78 is 5.33. The summed E-state index contributed by atoms with van der Waals surface area (Å²) in [5.41, 5.74) is 0. The molecule has 1 N–H and O–H groups in total. The Kier molecular flexibility index (Phi) is 5.10. The SMILES string of the molecule is CC(=O)c1ccc(-c2nc(C3CNCCN3C)no2)s1.Cl. The fourth-order valence-corrected chi connectivity index (χ4v) is 3.03. The quantitative estimate of drug-likeness (QED) is 0.869. The van der Waals surface area contributed by atoms with Crippen molar-refractivity contribution in [2.75, 3.05) is 26.7 Å². The van der Waals surface area contributed by atoms with Gasteiger partial charge in [0.1, 0.15) is 0 Å². The average molecular weight is 329 g/mol. The molecule has 3 rings (SSSR count). The van der Waals surface area contributed by atoms with E-state index < -0.39 is 0 Å². The van der Waals surface area contributed by atoms with Crippen LogP contribution in [-0.2, 0) is 0 Å². The van der Waals surface area contributed by atoms with Gasteiger partial charge in [0.05, 0.1) is 15.8 Å². The normalized spacial score (nSPS) is 19.2. The smallest absolute Gasteiger partial charge is 0.268 e. The summed E-state index contributed by atoms with van der Waals surface area (Å²) in [4.78, 5) is 19.5. The van der Waals surface area contributed by atoms with E-state index in [1.807, 2.05) is 6.07 Å². The molecule has 0 saturated carbocycles. The van der Waals surface area contributed by atoms with Crippen molar-refractivity contribution in [3.8, 4) is 10.8 Å². The van der Waals surface area contributed by atoms with Crippen molar-refractivity contribution in [3.05, 3.63) is 22.8 Å².